The summed E-state index contributed by atoms with van der Waals surface area (Å²) in [4.78, 5) is 12.0. The zero-order valence-electron chi connectivity index (χ0n) is 12.0. The van der Waals surface area contributed by atoms with Gasteiger partial charge in [-0.05, 0) is 36.6 Å². The molecule has 4 nitrogen and oxygen atoms in total. The van der Waals surface area contributed by atoms with Gasteiger partial charge in [0.05, 0.1) is 6.04 Å². The number of hydrogen-bond acceptors (Lipinski definition) is 3. The molecule has 4 heteroatoms. The van der Waals surface area contributed by atoms with Crippen molar-refractivity contribution in [3.63, 3.8) is 0 Å². The first-order valence-electron chi connectivity index (χ1n) is 6.91. The predicted octanol–water partition coefficient (Wildman–Crippen LogP) is 1.89. The average Bonchev–Trinajstić information content (AvgIpc) is 2.48. The molecule has 0 aromatic heterocycles. The van der Waals surface area contributed by atoms with Gasteiger partial charge in [0, 0.05) is 6.54 Å². The summed E-state index contributed by atoms with van der Waals surface area (Å²) in [5.74, 6) is 0.0276. The first kappa shape index (κ1) is 15.1. The Hall–Kier alpha value is -2.33. The van der Waals surface area contributed by atoms with Crippen molar-refractivity contribution in [1.29, 1.82) is 0 Å². The molecule has 110 valence electrons. The maximum Gasteiger partial charge on any atom is 0.237 e. The summed E-state index contributed by atoms with van der Waals surface area (Å²) in [6.07, 6.45) is 0.444. The summed E-state index contributed by atoms with van der Waals surface area (Å²) in [5.41, 5.74) is 9.06. The number of hydrogen-bond donors (Lipinski definition) is 3. The summed E-state index contributed by atoms with van der Waals surface area (Å²) in [6.45, 7) is 2.50. The third-order valence-corrected chi connectivity index (χ3v) is 3.32. The van der Waals surface area contributed by atoms with Crippen LogP contribution in [0.4, 0.5) is 0 Å². The molecule has 0 heterocycles. The smallest absolute Gasteiger partial charge is 0.237 e. The highest BCUT2D eigenvalue weighted by molar-refractivity contribution is 5.81. The van der Waals surface area contributed by atoms with Crippen molar-refractivity contribution in [3.8, 4) is 5.75 Å². The van der Waals surface area contributed by atoms with Crippen LogP contribution in [0.3, 0.4) is 0 Å². The van der Waals surface area contributed by atoms with Crippen LogP contribution in [0, 0.1) is 6.92 Å². The predicted molar refractivity (Wildman–Crippen MR) is 82.8 cm³/mol. The second-order valence-corrected chi connectivity index (χ2v) is 5.18. The molecule has 2 rings (SSSR count). The molecule has 0 unspecified atom stereocenters. The van der Waals surface area contributed by atoms with Gasteiger partial charge in [-0.15, -0.1) is 0 Å². The molecule has 0 fully saturated rings. The van der Waals surface area contributed by atoms with Gasteiger partial charge < -0.3 is 16.2 Å². The lowest BCUT2D eigenvalue weighted by Gasteiger charge is -2.12. The van der Waals surface area contributed by atoms with Crippen LogP contribution in [0.1, 0.15) is 16.7 Å². The summed E-state index contributed by atoms with van der Waals surface area (Å²) in [5, 5.41) is 12.1. The second-order valence-electron chi connectivity index (χ2n) is 5.18. The van der Waals surface area contributed by atoms with Gasteiger partial charge in [-0.3, -0.25) is 4.79 Å². The number of carbonyl (C=O) groups is 1. The minimum absolute atomic E-state index is 0.177. The molecule has 21 heavy (non-hydrogen) atoms. The molecule has 4 N–H and O–H groups in total. The van der Waals surface area contributed by atoms with Gasteiger partial charge in [0.15, 0.2) is 0 Å². The van der Waals surface area contributed by atoms with E-state index >= 15 is 0 Å². The Morgan fingerprint density at radius 1 is 1.10 bits per heavy atom. The van der Waals surface area contributed by atoms with Gasteiger partial charge in [0.2, 0.25) is 5.91 Å². The molecule has 0 aliphatic heterocycles. The molecule has 0 saturated heterocycles. The number of phenolic OH excluding ortho intramolecular Hbond substituents is 1. The largest absolute Gasteiger partial charge is 0.508 e. The Morgan fingerprint density at radius 2 is 1.67 bits per heavy atom. The minimum atomic E-state index is -0.597. The van der Waals surface area contributed by atoms with Gasteiger partial charge in [-0.2, -0.15) is 0 Å². The summed E-state index contributed by atoms with van der Waals surface area (Å²) in [6, 6.07) is 14.1. The van der Waals surface area contributed by atoms with Crippen molar-refractivity contribution in [2.24, 2.45) is 5.73 Å². The van der Waals surface area contributed by atoms with Crippen LogP contribution >= 0.6 is 0 Å². The highest BCUT2D eigenvalue weighted by Crippen LogP contribution is 2.11. The zero-order chi connectivity index (χ0) is 15.2. The lowest BCUT2D eigenvalue weighted by Crippen LogP contribution is -2.41. The van der Waals surface area contributed by atoms with E-state index < -0.39 is 6.04 Å². The van der Waals surface area contributed by atoms with Crippen molar-refractivity contribution >= 4 is 5.91 Å². The van der Waals surface area contributed by atoms with Crippen molar-refractivity contribution in [1.82, 2.24) is 5.32 Å². The maximum absolute atomic E-state index is 12.0. The Labute approximate surface area is 124 Å². The van der Waals surface area contributed by atoms with Crippen molar-refractivity contribution < 1.29 is 9.90 Å². The number of phenols is 1. The molecular weight excluding hydrogens is 264 g/mol. The zero-order valence-corrected chi connectivity index (χ0v) is 12.0. The fourth-order valence-electron chi connectivity index (χ4n) is 2.00. The van der Waals surface area contributed by atoms with Crippen molar-refractivity contribution in [3.05, 3.63) is 65.2 Å². The molecule has 0 aliphatic rings. The number of rotatable bonds is 5. The van der Waals surface area contributed by atoms with Crippen LogP contribution in [-0.4, -0.2) is 17.1 Å². The van der Waals surface area contributed by atoms with E-state index in [0.717, 1.165) is 11.1 Å². The van der Waals surface area contributed by atoms with E-state index in [1.165, 1.54) is 5.56 Å². The van der Waals surface area contributed by atoms with Crippen molar-refractivity contribution in [2.75, 3.05) is 0 Å². The molecule has 1 atom stereocenters. The molecule has 0 bridgehead atoms. The van der Waals surface area contributed by atoms with Gasteiger partial charge in [-0.1, -0.05) is 42.0 Å². The van der Waals surface area contributed by atoms with Crippen LogP contribution in [0.15, 0.2) is 48.5 Å². The molecular formula is C17H20N2O2. The topological polar surface area (TPSA) is 75.4 Å². The lowest BCUT2D eigenvalue weighted by molar-refractivity contribution is -0.122. The third kappa shape index (κ3) is 4.61. The first-order valence-corrected chi connectivity index (χ1v) is 6.91. The first-order chi connectivity index (χ1) is 10.0. The molecule has 2 aromatic carbocycles. The fraction of sp³-hybridized carbons (Fsp3) is 0.235. The highest BCUT2D eigenvalue weighted by atomic mass is 16.3. The van der Waals surface area contributed by atoms with Crippen LogP contribution < -0.4 is 11.1 Å². The third-order valence-electron chi connectivity index (χ3n) is 3.32. The second kappa shape index (κ2) is 6.90. The number of nitrogens with one attached hydrogen (secondary N) is 1. The quantitative estimate of drug-likeness (QED) is 0.785. The number of amides is 1. The van der Waals surface area contributed by atoms with E-state index in [0.29, 0.717) is 13.0 Å². The number of benzene rings is 2. The molecule has 0 aliphatic carbocycles. The fourth-order valence-corrected chi connectivity index (χ4v) is 2.00. The van der Waals surface area contributed by atoms with E-state index in [9.17, 15) is 9.90 Å². The summed E-state index contributed by atoms with van der Waals surface area (Å²) in [7, 11) is 0. The van der Waals surface area contributed by atoms with E-state index in [1.54, 1.807) is 24.3 Å². The molecule has 0 radical (unpaired) electrons. The number of aryl methyl sites for hydroxylation is 1. The normalized spacial score (nSPS) is 11.9. The van der Waals surface area contributed by atoms with E-state index in [2.05, 4.69) is 5.32 Å². The SMILES string of the molecule is Cc1ccc(CNC(=O)[C@H](N)Cc2ccc(O)cc2)cc1. The summed E-state index contributed by atoms with van der Waals surface area (Å²) < 4.78 is 0. The Morgan fingerprint density at radius 3 is 2.29 bits per heavy atom. The average molecular weight is 284 g/mol. The van der Waals surface area contributed by atoms with Crippen LogP contribution in [0.5, 0.6) is 5.75 Å². The van der Waals surface area contributed by atoms with Gasteiger partial charge in [0.25, 0.3) is 0 Å². The molecule has 0 saturated carbocycles. The van der Waals surface area contributed by atoms with Crippen LogP contribution in [-0.2, 0) is 17.8 Å². The van der Waals surface area contributed by atoms with Gasteiger partial charge in [0.1, 0.15) is 5.75 Å². The summed E-state index contributed by atoms with van der Waals surface area (Å²) >= 11 is 0. The monoisotopic (exact) mass is 284 g/mol. The van der Waals surface area contributed by atoms with E-state index in [4.69, 9.17) is 5.73 Å². The standard InChI is InChI=1S/C17H20N2O2/c1-12-2-4-14(5-3-12)11-19-17(21)16(18)10-13-6-8-15(20)9-7-13/h2-9,16,20H,10-11,18H2,1H3,(H,19,21)/t16-/m1/s1. The molecule has 0 spiro atoms. The van der Waals surface area contributed by atoms with E-state index in [1.807, 2.05) is 31.2 Å². The van der Waals surface area contributed by atoms with E-state index in [-0.39, 0.29) is 11.7 Å². The Balaban J connectivity index is 1.84. The number of aromatic hydroxyl groups is 1. The molecule has 2 aromatic rings. The lowest BCUT2D eigenvalue weighted by atomic mass is 10.1. The number of carbonyl (C=O) groups excluding carboxylic acids is 1. The molecule has 1 amide bonds. The van der Waals surface area contributed by atoms with Crippen LogP contribution in [0.2, 0.25) is 0 Å². The minimum Gasteiger partial charge on any atom is -0.508 e. The number of nitrogens with two attached hydrogens (primary N) is 1. The Kier molecular flexibility index (Phi) is 4.95. The van der Waals surface area contributed by atoms with Crippen LogP contribution in [0.25, 0.3) is 0 Å². The van der Waals surface area contributed by atoms with Crippen molar-refractivity contribution in [2.45, 2.75) is 25.9 Å². The van der Waals surface area contributed by atoms with Gasteiger partial charge >= 0.3 is 0 Å². The highest BCUT2D eigenvalue weighted by Gasteiger charge is 2.13. The maximum atomic E-state index is 12.0. The van der Waals surface area contributed by atoms with Gasteiger partial charge in [-0.25, -0.2) is 0 Å². The Bertz CT molecular complexity index is 591.